The first-order chi connectivity index (χ1) is 10.3. The standard InChI is InChI=1S/C19H28N2/c1-21(13-17-11-14-6-7-15(17)10-14)19-5-3-2-4-16(19)12-20-18-8-9-18/h2-5,14-15,17-18,20H,6-13H2,1H3. The Kier molecular flexibility index (Phi) is 3.66. The van der Waals surface area contributed by atoms with Crippen LogP contribution in [0.1, 0.15) is 44.1 Å². The van der Waals surface area contributed by atoms with Crippen molar-refractivity contribution in [2.45, 2.75) is 51.1 Å². The van der Waals surface area contributed by atoms with Crippen LogP contribution < -0.4 is 10.2 Å². The third kappa shape index (κ3) is 2.96. The fourth-order valence-electron chi connectivity index (χ4n) is 4.62. The first kappa shape index (κ1) is 13.6. The van der Waals surface area contributed by atoms with E-state index in [1.807, 2.05) is 0 Å². The zero-order chi connectivity index (χ0) is 14.2. The molecule has 21 heavy (non-hydrogen) atoms. The molecule has 2 bridgehead atoms. The summed E-state index contributed by atoms with van der Waals surface area (Å²) in [6.45, 7) is 2.28. The second-order valence-corrected chi connectivity index (χ2v) is 7.60. The quantitative estimate of drug-likeness (QED) is 0.854. The van der Waals surface area contributed by atoms with E-state index >= 15 is 0 Å². The third-order valence-electron chi connectivity index (χ3n) is 5.95. The number of hydrogen-bond donors (Lipinski definition) is 1. The first-order valence-electron chi connectivity index (χ1n) is 8.82. The van der Waals surface area contributed by atoms with Gasteiger partial charge in [0.1, 0.15) is 0 Å². The minimum absolute atomic E-state index is 0.786. The molecule has 0 amide bonds. The van der Waals surface area contributed by atoms with Gasteiger partial charge in [-0.1, -0.05) is 24.6 Å². The molecule has 3 saturated carbocycles. The minimum Gasteiger partial charge on any atom is -0.374 e. The Labute approximate surface area is 128 Å². The van der Waals surface area contributed by atoms with Crippen LogP contribution in [0.4, 0.5) is 5.69 Å². The van der Waals surface area contributed by atoms with Crippen LogP contribution in [0, 0.1) is 17.8 Å². The summed E-state index contributed by atoms with van der Waals surface area (Å²) in [5.41, 5.74) is 2.91. The maximum absolute atomic E-state index is 3.66. The smallest absolute Gasteiger partial charge is 0.0409 e. The van der Waals surface area contributed by atoms with E-state index in [-0.39, 0.29) is 0 Å². The van der Waals surface area contributed by atoms with Gasteiger partial charge in [0, 0.05) is 31.9 Å². The molecule has 3 atom stereocenters. The van der Waals surface area contributed by atoms with Crippen molar-refractivity contribution in [1.29, 1.82) is 0 Å². The van der Waals surface area contributed by atoms with Gasteiger partial charge >= 0.3 is 0 Å². The average molecular weight is 284 g/mol. The summed E-state index contributed by atoms with van der Waals surface area (Å²) in [5.74, 6) is 3.02. The molecule has 114 valence electrons. The lowest BCUT2D eigenvalue weighted by Gasteiger charge is -2.30. The van der Waals surface area contributed by atoms with Crippen LogP contribution in [-0.4, -0.2) is 19.6 Å². The maximum Gasteiger partial charge on any atom is 0.0409 e. The summed E-state index contributed by atoms with van der Waals surface area (Å²) in [7, 11) is 2.29. The molecular formula is C19H28N2. The molecule has 3 unspecified atom stereocenters. The molecule has 0 aromatic heterocycles. The number of nitrogens with one attached hydrogen (secondary N) is 1. The van der Waals surface area contributed by atoms with Crippen molar-refractivity contribution in [2.24, 2.45) is 17.8 Å². The molecule has 0 aliphatic heterocycles. The van der Waals surface area contributed by atoms with Crippen molar-refractivity contribution in [1.82, 2.24) is 5.32 Å². The topological polar surface area (TPSA) is 15.3 Å². The van der Waals surface area contributed by atoms with Crippen molar-refractivity contribution < 1.29 is 0 Å². The Bertz CT molecular complexity index is 494. The molecule has 1 N–H and O–H groups in total. The van der Waals surface area contributed by atoms with Crippen LogP contribution in [0.2, 0.25) is 0 Å². The summed E-state index contributed by atoms with van der Waals surface area (Å²) in [4.78, 5) is 2.52. The summed E-state index contributed by atoms with van der Waals surface area (Å²) in [6.07, 6.45) is 8.73. The van der Waals surface area contributed by atoms with Gasteiger partial charge in [-0.15, -0.1) is 0 Å². The lowest BCUT2D eigenvalue weighted by Crippen LogP contribution is -2.30. The Morgan fingerprint density at radius 2 is 1.95 bits per heavy atom. The first-order valence-corrected chi connectivity index (χ1v) is 8.82. The maximum atomic E-state index is 3.66. The highest BCUT2D eigenvalue weighted by atomic mass is 15.1. The van der Waals surface area contributed by atoms with Crippen LogP contribution >= 0.6 is 0 Å². The third-order valence-corrected chi connectivity index (χ3v) is 5.95. The van der Waals surface area contributed by atoms with E-state index in [0.717, 1.165) is 30.3 Å². The molecule has 4 rings (SSSR count). The van der Waals surface area contributed by atoms with E-state index in [1.54, 1.807) is 0 Å². The van der Waals surface area contributed by atoms with E-state index in [1.165, 1.54) is 56.3 Å². The van der Waals surface area contributed by atoms with Gasteiger partial charge in [-0.05, 0) is 61.5 Å². The predicted octanol–water partition coefficient (Wildman–Crippen LogP) is 3.81. The highest BCUT2D eigenvalue weighted by molar-refractivity contribution is 5.53. The molecule has 1 aromatic rings. The zero-order valence-electron chi connectivity index (χ0n) is 13.2. The van der Waals surface area contributed by atoms with Gasteiger partial charge in [0.15, 0.2) is 0 Å². The minimum atomic E-state index is 0.786. The van der Waals surface area contributed by atoms with Gasteiger partial charge in [0.2, 0.25) is 0 Å². The molecule has 0 radical (unpaired) electrons. The molecule has 2 heteroatoms. The van der Waals surface area contributed by atoms with Gasteiger partial charge in [-0.25, -0.2) is 0 Å². The second kappa shape index (κ2) is 5.64. The number of fused-ring (bicyclic) bond motifs is 2. The number of para-hydroxylation sites is 1. The molecular weight excluding hydrogens is 256 g/mol. The SMILES string of the molecule is CN(CC1CC2CCC1C2)c1ccccc1CNC1CC1. The van der Waals surface area contributed by atoms with Gasteiger partial charge < -0.3 is 10.2 Å². The lowest BCUT2D eigenvalue weighted by atomic mass is 9.88. The Hall–Kier alpha value is -1.02. The van der Waals surface area contributed by atoms with E-state index in [4.69, 9.17) is 0 Å². The number of anilines is 1. The fraction of sp³-hybridized carbons (Fsp3) is 0.684. The summed E-state index contributed by atoms with van der Waals surface area (Å²) < 4.78 is 0. The summed E-state index contributed by atoms with van der Waals surface area (Å²) in [6, 6.07) is 9.75. The van der Waals surface area contributed by atoms with Crippen LogP contribution in [0.15, 0.2) is 24.3 Å². The lowest BCUT2D eigenvalue weighted by molar-refractivity contribution is 0.337. The van der Waals surface area contributed by atoms with Crippen LogP contribution in [-0.2, 0) is 6.54 Å². The fourth-order valence-corrected chi connectivity index (χ4v) is 4.62. The zero-order valence-corrected chi connectivity index (χ0v) is 13.2. The predicted molar refractivity (Wildman–Crippen MR) is 88.5 cm³/mol. The number of rotatable bonds is 6. The van der Waals surface area contributed by atoms with E-state index in [0.29, 0.717) is 0 Å². The largest absolute Gasteiger partial charge is 0.374 e. The normalized spacial score (nSPS) is 30.8. The molecule has 3 fully saturated rings. The average Bonchev–Trinajstić information content (AvgIpc) is 3.11. The molecule has 1 aromatic carbocycles. The van der Waals surface area contributed by atoms with Crippen molar-refractivity contribution in [3.05, 3.63) is 29.8 Å². The van der Waals surface area contributed by atoms with Crippen LogP contribution in [0.3, 0.4) is 0 Å². The van der Waals surface area contributed by atoms with E-state index in [2.05, 4.69) is 41.5 Å². The molecule has 0 heterocycles. The summed E-state index contributed by atoms with van der Waals surface area (Å²) >= 11 is 0. The second-order valence-electron chi connectivity index (χ2n) is 7.60. The highest BCUT2D eigenvalue weighted by Crippen LogP contribution is 2.48. The summed E-state index contributed by atoms with van der Waals surface area (Å²) in [5, 5.41) is 3.66. The number of nitrogens with zero attached hydrogens (tertiary/aromatic N) is 1. The number of benzene rings is 1. The Morgan fingerprint density at radius 3 is 2.67 bits per heavy atom. The van der Waals surface area contributed by atoms with Crippen LogP contribution in [0.5, 0.6) is 0 Å². The van der Waals surface area contributed by atoms with Crippen molar-refractivity contribution >= 4 is 5.69 Å². The molecule has 3 aliphatic rings. The van der Waals surface area contributed by atoms with Gasteiger partial charge in [-0.2, -0.15) is 0 Å². The van der Waals surface area contributed by atoms with E-state index in [9.17, 15) is 0 Å². The van der Waals surface area contributed by atoms with Crippen molar-refractivity contribution in [3.63, 3.8) is 0 Å². The Morgan fingerprint density at radius 1 is 1.10 bits per heavy atom. The van der Waals surface area contributed by atoms with Gasteiger partial charge in [-0.3, -0.25) is 0 Å². The van der Waals surface area contributed by atoms with Gasteiger partial charge in [0.05, 0.1) is 0 Å². The Balaban J connectivity index is 1.41. The molecule has 0 spiro atoms. The van der Waals surface area contributed by atoms with Crippen molar-refractivity contribution in [3.8, 4) is 0 Å². The molecule has 3 aliphatic carbocycles. The molecule has 2 nitrogen and oxygen atoms in total. The number of hydrogen-bond acceptors (Lipinski definition) is 2. The van der Waals surface area contributed by atoms with Crippen molar-refractivity contribution in [2.75, 3.05) is 18.5 Å². The molecule has 0 saturated heterocycles. The van der Waals surface area contributed by atoms with Crippen LogP contribution in [0.25, 0.3) is 0 Å². The van der Waals surface area contributed by atoms with Gasteiger partial charge in [0.25, 0.3) is 0 Å². The monoisotopic (exact) mass is 284 g/mol. The highest BCUT2D eigenvalue weighted by Gasteiger charge is 2.39. The van der Waals surface area contributed by atoms with E-state index < -0.39 is 0 Å².